The lowest BCUT2D eigenvalue weighted by Crippen LogP contribution is -2.28. The molecule has 0 aliphatic rings. The van der Waals surface area contributed by atoms with Gasteiger partial charge in [0.25, 0.3) is 0 Å². The van der Waals surface area contributed by atoms with Crippen LogP contribution in [-0.4, -0.2) is 22.5 Å². The van der Waals surface area contributed by atoms with Gasteiger partial charge in [0.1, 0.15) is 0 Å². The van der Waals surface area contributed by atoms with Gasteiger partial charge in [0.2, 0.25) is 5.91 Å². The van der Waals surface area contributed by atoms with Crippen molar-refractivity contribution in [1.29, 1.82) is 0 Å². The van der Waals surface area contributed by atoms with Crippen LogP contribution in [0.3, 0.4) is 0 Å². The summed E-state index contributed by atoms with van der Waals surface area (Å²) in [5.74, 6) is -0.144. The molecule has 1 aromatic carbocycles. The lowest BCUT2D eigenvalue weighted by Gasteiger charge is -2.14. The van der Waals surface area contributed by atoms with Crippen molar-refractivity contribution in [3.8, 4) is 0 Å². The third-order valence-corrected chi connectivity index (χ3v) is 3.71. The molecule has 4 nitrogen and oxygen atoms in total. The molecule has 22 heavy (non-hydrogen) atoms. The van der Waals surface area contributed by atoms with E-state index in [1.807, 2.05) is 18.2 Å². The summed E-state index contributed by atoms with van der Waals surface area (Å²) in [6.07, 6.45) is 1.70. The van der Waals surface area contributed by atoms with Gasteiger partial charge in [0.05, 0.1) is 6.10 Å². The van der Waals surface area contributed by atoms with Crippen molar-refractivity contribution in [1.82, 2.24) is 10.3 Å². The Morgan fingerprint density at radius 1 is 1.27 bits per heavy atom. The first-order valence-corrected chi connectivity index (χ1v) is 7.61. The van der Waals surface area contributed by atoms with Crippen LogP contribution < -0.4 is 5.32 Å². The highest BCUT2D eigenvalue weighted by Gasteiger charge is 2.13. The van der Waals surface area contributed by atoms with Gasteiger partial charge < -0.3 is 10.4 Å². The summed E-state index contributed by atoms with van der Waals surface area (Å²) in [5.41, 5.74) is 1.40. The molecule has 1 aromatic heterocycles. The number of amides is 1. The summed E-state index contributed by atoms with van der Waals surface area (Å²) in [7, 11) is 0. The molecule has 116 valence electrons. The van der Waals surface area contributed by atoms with E-state index in [4.69, 9.17) is 23.2 Å². The lowest BCUT2D eigenvalue weighted by atomic mass is 10.1. The normalized spacial score (nSPS) is 12.0. The third-order valence-electron chi connectivity index (χ3n) is 3.15. The van der Waals surface area contributed by atoms with E-state index >= 15 is 0 Å². The number of hydrogen-bond donors (Lipinski definition) is 2. The molecule has 2 N–H and O–H groups in total. The van der Waals surface area contributed by atoms with Gasteiger partial charge in [0, 0.05) is 40.5 Å². The number of halogens is 2. The number of nitrogens with zero attached hydrogens (tertiary/aromatic N) is 1. The number of pyridine rings is 1. The number of aryl methyl sites for hydroxylation is 1. The van der Waals surface area contributed by atoms with Crippen LogP contribution in [0.4, 0.5) is 0 Å². The molecule has 0 bridgehead atoms. The van der Waals surface area contributed by atoms with Crippen molar-refractivity contribution < 1.29 is 9.90 Å². The van der Waals surface area contributed by atoms with Crippen molar-refractivity contribution >= 4 is 29.1 Å². The van der Waals surface area contributed by atoms with E-state index in [2.05, 4.69) is 10.3 Å². The molecule has 0 saturated carbocycles. The third kappa shape index (κ3) is 4.98. The molecule has 0 spiro atoms. The summed E-state index contributed by atoms with van der Waals surface area (Å²) < 4.78 is 0. The predicted molar refractivity (Wildman–Crippen MR) is 87.0 cm³/mol. The standard InChI is InChI=1S/C16H16Cl2N2O2/c17-11-4-6-13(14(18)9-11)15(21)10-20-16(22)7-5-12-3-1-2-8-19-12/h1-4,6,8-9,15,21H,5,7,10H2,(H,20,22)/t15-/m1/s1. The molecule has 0 aliphatic heterocycles. The van der Waals surface area contributed by atoms with Crippen LogP contribution in [0.15, 0.2) is 42.6 Å². The van der Waals surface area contributed by atoms with Crippen molar-refractivity contribution in [3.05, 3.63) is 63.9 Å². The summed E-state index contributed by atoms with van der Waals surface area (Å²) in [5, 5.41) is 13.6. The minimum Gasteiger partial charge on any atom is -0.387 e. The van der Waals surface area contributed by atoms with Crippen molar-refractivity contribution in [3.63, 3.8) is 0 Å². The van der Waals surface area contributed by atoms with Gasteiger partial charge >= 0.3 is 0 Å². The van der Waals surface area contributed by atoms with Gasteiger partial charge in [-0.25, -0.2) is 0 Å². The van der Waals surface area contributed by atoms with Gasteiger partial charge in [-0.1, -0.05) is 35.3 Å². The number of carbonyl (C=O) groups excluding carboxylic acids is 1. The molecule has 2 rings (SSSR count). The molecule has 6 heteroatoms. The number of aliphatic hydroxyl groups is 1. The van der Waals surface area contributed by atoms with Crippen LogP contribution >= 0.6 is 23.2 Å². The summed E-state index contributed by atoms with van der Waals surface area (Å²) in [6, 6.07) is 10.4. The first-order chi connectivity index (χ1) is 10.6. The fourth-order valence-electron chi connectivity index (χ4n) is 1.97. The minimum absolute atomic E-state index is 0.0996. The van der Waals surface area contributed by atoms with Gasteiger partial charge in [-0.2, -0.15) is 0 Å². The van der Waals surface area contributed by atoms with Gasteiger partial charge in [0.15, 0.2) is 0 Å². The highest BCUT2D eigenvalue weighted by atomic mass is 35.5. The summed E-state index contributed by atoms with van der Waals surface area (Å²) in [4.78, 5) is 15.9. The molecule has 0 radical (unpaired) electrons. The Bertz CT molecular complexity index is 635. The van der Waals surface area contributed by atoms with Crippen molar-refractivity contribution in [2.45, 2.75) is 18.9 Å². The average molecular weight is 339 g/mol. The van der Waals surface area contributed by atoms with Gasteiger partial charge in [-0.05, 0) is 30.7 Å². The largest absolute Gasteiger partial charge is 0.387 e. The van der Waals surface area contributed by atoms with Crippen molar-refractivity contribution in [2.75, 3.05) is 6.54 Å². The number of hydrogen-bond acceptors (Lipinski definition) is 3. The van der Waals surface area contributed by atoms with Crippen LogP contribution in [0, 0.1) is 0 Å². The Hall–Kier alpha value is -1.62. The average Bonchev–Trinajstić information content (AvgIpc) is 2.51. The number of benzene rings is 1. The molecule has 0 fully saturated rings. The van der Waals surface area contributed by atoms with E-state index in [-0.39, 0.29) is 12.5 Å². The number of carbonyl (C=O) groups is 1. The Balaban J connectivity index is 1.80. The van der Waals surface area contributed by atoms with Crippen LogP contribution in [0.1, 0.15) is 23.8 Å². The van der Waals surface area contributed by atoms with Crippen molar-refractivity contribution in [2.24, 2.45) is 0 Å². The Kier molecular flexibility index (Phi) is 6.19. The summed E-state index contributed by atoms with van der Waals surface area (Å²) in [6.45, 7) is 0.0996. The van der Waals surface area contributed by atoms with E-state index in [1.165, 1.54) is 0 Å². The molecule has 1 atom stereocenters. The van der Waals surface area contributed by atoms with E-state index in [1.54, 1.807) is 24.4 Å². The number of nitrogens with one attached hydrogen (secondary N) is 1. The maximum atomic E-state index is 11.8. The highest BCUT2D eigenvalue weighted by molar-refractivity contribution is 6.35. The molecule has 1 amide bonds. The minimum atomic E-state index is -0.872. The maximum Gasteiger partial charge on any atom is 0.220 e. The van der Waals surface area contributed by atoms with Gasteiger partial charge in [-0.15, -0.1) is 0 Å². The topological polar surface area (TPSA) is 62.2 Å². The number of aromatic nitrogens is 1. The second-order valence-corrected chi connectivity index (χ2v) is 5.65. The zero-order chi connectivity index (χ0) is 15.9. The first kappa shape index (κ1) is 16.7. The van der Waals surface area contributed by atoms with E-state index in [0.717, 1.165) is 5.69 Å². The van der Waals surface area contributed by atoms with Crippen LogP contribution in [-0.2, 0) is 11.2 Å². The Morgan fingerprint density at radius 2 is 2.09 bits per heavy atom. The second-order valence-electron chi connectivity index (χ2n) is 4.81. The zero-order valence-corrected chi connectivity index (χ0v) is 13.3. The molecule has 0 aliphatic carbocycles. The monoisotopic (exact) mass is 338 g/mol. The zero-order valence-electron chi connectivity index (χ0n) is 11.8. The Morgan fingerprint density at radius 3 is 2.77 bits per heavy atom. The molecule has 0 unspecified atom stereocenters. The fraction of sp³-hybridized carbons (Fsp3) is 0.250. The molecule has 0 saturated heterocycles. The highest BCUT2D eigenvalue weighted by Crippen LogP contribution is 2.25. The maximum absolute atomic E-state index is 11.8. The Labute approximate surface area is 139 Å². The SMILES string of the molecule is O=C(CCc1ccccn1)NC[C@@H](O)c1ccc(Cl)cc1Cl. The summed E-state index contributed by atoms with van der Waals surface area (Å²) >= 11 is 11.8. The number of rotatable bonds is 6. The second kappa shape index (κ2) is 8.13. The quantitative estimate of drug-likeness (QED) is 0.850. The molecule has 2 aromatic rings. The first-order valence-electron chi connectivity index (χ1n) is 6.86. The number of aliphatic hydroxyl groups excluding tert-OH is 1. The van der Waals surface area contributed by atoms with Crippen LogP contribution in [0.25, 0.3) is 0 Å². The lowest BCUT2D eigenvalue weighted by molar-refractivity contribution is -0.121. The van der Waals surface area contributed by atoms with E-state index in [0.29, 0.717) is 28.5 Å². The fourth-order valence-corrected chi connectivity index (χ4v) is 2.50. The smallest absolute Gasteiger partial charge is 0.220 e. The molecule has 1 heterocycles. The van der Waals surface area contributed by atoms with Crippen LogP contribution in [0.2, 0.25) is 10.0 Å². The predicted octanol–water partition coefficient (Wildman–Crippen LogP) is 3.17. The van der Waals surface area contributed by atoms with E-state index < -0.39 is 6.10 Å². The van der Waals surface area contributed by atoms with Gasteiger partial charge in [-0.3, -0.25) is 9.78 Å². The van der Waals surface area contributed by atoms with Crippen LogP contribution in [0.5, 0.6) is 0 Å². The molecular weight excluding hydrogens is 323 g/mol. The molecular formula is C16H16Cl2N2O2. The van der Waals surface area contributed by atoms with E-state index in [9.17, 15) is 9.90 Å².